The Morgan fingerprint density at radius 3 is 2.52 bits per heavy atom. The number of methoxy groups -OCH3 is 1. The highest BCUT2D eigenvalue weighted by Gasteiger charge is 2.15. The van der Waals surface area contributed by atoms with Gasteiger partial charge in [-0.2, -0.15) is 0 Å². The van der Waals surface area contributed by atoms with Gasteiger partial charge in [0.25, 0.3) is 0 Å². The van der Waals surface area contributed by atoms with E-state index in [1.54, 1.807) is 13.2 Å². The Balaban J connectivity index is 1.99. The average Bonchev–Trinajstić information content (AvgIpc) is 2.61. The van der Waals surface area contributed by atoms with Gasteiger partial charge in [-0.05, 0) is 55.5 Å². The molecule has 2 unspecified atom stereocenters. The Kier molecular flexibility index (Phi) is 6.91. The van der Waals surface area contributed by atoms with Crippen LogP contribution in [0.4, 0.5) is 8.78 Å². The molecule has 2 rings (SSSR count). The summed E-state index contributed by atoms with van der Waals surface area (Å²) in [7, 11) is 1.64. The number of aliphatic hydroxyl groups is 1. The quantitative estimate of drug-likeness (QED) is 0.762. The highest BCUT2D eigenvalue weighted by Crippen LogP contribution is 2.26. The summed E-state index contributed by atoms with van der Waals surface area (Å²) in [6, 6.07) is 9.92. The Bertz CT molecular complexity index is 706. The van der Waals surface area contributed by atoms with Crippen LogP contribution in [-0.4, -0.2) is 25.4 Å². The Labute approximate surface area is 147 Å². The highest BCUT2D eigenvalue weighted by atomic mass is 19.2. The summed E-state index contributed by atoms with van der Waals surface area (Å²) < 4.78 is 31.8. The van der Waals surface area contributed by atoms with Gasteiger partial charge in [0.15, 0.2) is 11.6 Å². The molecule has 0 aliphatic carbocycles. The zero-order valence-electron chi connectivity index (χ0n) is 14.9. The van der Waals surface area contributed by atoms with Gasteiger partial charge in [-0.1, -0.05) is 18.2 Å². The molecule has 2 aromatic carbocycles. The molecule has 2 N–H and O–H groups in total. The molecule has 0 aliphatic rings. The van der Waals surface area contributed by atoms with Crippen molar-refractivity contribution in [3.8, 4) is 5.75 Å². The third kappa shape index (κ3) is 5.25. The van der Waals surface area contributed by atoms with Crippen molar-refractivity contribution < 1.29 is 18.6 Å². The molecule has 0 heterocycles. The second-order valence-electron chi connectivity index (χ2n) is 6.38. The van der Waals surface area contributed by atoms with E-state index in [0.717, 1.165) is 22.9 Å². The molecule has 0 saturated heterocycles. The number of rotatable bonds is 8. The van der Waals surface area contributed by atoms with Crippen molar-refractivity contribution in [1.82, 2.24) is 5.32 Å². The zero-order chi connectivity index (χ0) is 18.4. The summed E-state index contributed by atoms with van der Waals surface area (Å²) in [4.78, 5) is 0. The number of hydrogen-bond acceptors (Lipinski definition) is 3. The summed E-state index contributed by atoms with van der Waals surface area (Å²) in [5, 5.41) is 13.0. The van der Waals surface area contributed by atoms with E-state index < -0.39 is 11.6 Å². The summed E-state index contributed by atoms with van der Waals surface area (Å²) in [6.07, 6.45) is 0.471. The molecule has 2 aromatic rings. The van der Waals surface area contributed by atoms with Gasteiger partial charge in [-0.15, -0.1) is 0 Å². The van der Waals surface area contributed by atoms with Crippen molar-refractivity contribution in [2.24, 2.45) is 5.92 Å². The minimum Gasteiger partial charge on any atom is -0.496 e. The van der Waals surface area contributed by atoms with Crippen LogP contribution in [0.5, 0.6) is 5.75 Å². The molecule has 3 nitrogen and oxygen atoms in total. The first-order chi connectivity index (χ1) is 11.9. The standard InChI is InChI=1S/C20H25F2NO2/c1-13-4-6-17(20(8-13)25-3)14(2)23-11-16(12-24)9-15-5-7-18(21)19(22)10-15/h4-8,10,14,16,23-24H,9,11-12H2,1-3H3. The SMILES string of the molecule is COc1cc(C)ccc1C(C)NCC(CO)Cc1ccc(F)c(F)c1. The number of ether oxygens (including phenoxy) is 1. The van der Waals surface area contributed by atoms with Crippen molar-refractivity contribution in [2.75, 3.05) is 20.3 Å². The second kappa shape index (κ2) is 8.92. The molecular weight excluding hydrogens is 324 g/mol. The minimum absolute atomic E-state index is 0.0366. The van der Waals surface area contributed by atoms with E-state index in [1.807, 2.05) is 32.0 Å². The number of hydrogen-bond donors (Lipinski definition) is 2. The molecule has 136 valence electrons. The number of aliphatic hydroxyl groups excluding tert-OH is 1. The van der Waals surface area contributed by atoms with Crippen LogP contribution in [-0.2, 0) is 6.42 Å². The van der Waals surface area contributed by atoms with Crippen molar-refractivity contribution >= 4 is 0 Å². The van der Waals surface area contributed by atoms with Crippen molar-refractivity contribution in [1.29, 1.82) is 0 Å². The van der Waals surface area contributed by atoms with Gasteiger partial charge >= 0.3 is 0 Å². The molecule has 25 heavy (non-hydrogen) atoms. The predicted molar refractivity (Wildman–Crippen MR) is 94.8 cm³/mol. The van der Waals surface area contributed by atoms with Crippen LogP contribution in [0.25, 0.3) is 0 Å². The van der Waals surface area contributed by atoms with Crippen LogP contribution in [0, 0.1) is 24.5 Å². The Morgan fingerprint density at radius 1 is 1.12 bits per heavy atom. The molecule has 0 aliphatic heterocycles. The molecule has 0 fully saturated rings. The van der Waals surface area contributed by atoms with Gasteiger partial charge in [0, 0.05) is 24.8 Å². The molecule has 0 spiro atoms. The number of halogens is 2. The van der Waals surface area contributed by atoms with Gasteiger partial charge in [0.05, 0.1) is 7.11 Å². The predicted octanol–water partition coefficient (Wildman–Crippen LogP) is 3.78. The normalized spacial score (nSPS) is 13.5. The number of aryl methyl sites for hydroxylation is 1. The van der Waals surface area contributed by atoms with Crippen molar-refractivity contribution in [3.05, 3.63) is 64.7 Å². The van der Waals surface area contributed by atoms with Crippen molar-refractivity contribution in [3.63, 3.8) is 0 Å². The second-order valence-corrected chi connectivity index (χ2v) is 6.38. The maximum Gasteiger partial charge on any atom is 0.159 e. The third-order valence-electron chi connectivity index (χ3n) is 4.33. The average molecular weight is 349 g/mol. The van der Waals surface area contributed by atoms with Gasteiger partial charge in [-0.25, -0.2) is 8.78 Å². The first-order valence-corrected chi connectivity index (χ1v) is 8.37. The smallest absolute Gasteiger partial charge is 0.159 e. The van der Waals surface area contributed by atoms with E-state index in [1.165, 1.54) is 6.07 Å². The summed E-state index contributed by atoms with van der Waals surface area (Å²) in [6.45, 7) is 4.55. The van der Waals surface area contributed by atoms with Crippen LogP contribution < -0.4 is 10.1 Å². The van der Waals surface area contributed by atoms with E-state index in [9.17, 15) is 13.9 Å². The lowest BCUT2D eigenvalue weighted by Gasteiger charge is -2.21. The van der Waals surface area contributed by atoms with Crippen LogP contribution in [0.1, 0.15) is 29.7 Å². The number of nitrogens with one attached hydrogen (secondary N) is 1. The van der Waals surface area contributed by atoms with Crippen molar-refractivity contribution in [2.45, 2.75) is 26.3 Å². The largest absolute Gasteiger partial charge is 0.496 e. The fraction of sp³-hybridized carbons (Fsp3) is 0.400. The fourth-order valence-corrected chi connectivity index (χ4v) is 2.83. The first-order valence-electron chi connectivity index (χ1n) is 8.37. The third-order valence-corrected chi connectivity index (χ3v) is 4.33. The lowest BCUT2D eigenvalue weighted by Crippen LogP contribution is -2.29. The molecule has 0 bridgehead atoms. The van der Waals surface area contributed by atoms with E-state index in [4.69, 9.17) is 4.74 Å². The monoisotopic (exact) mass is 349 g/mol. The maximum absolute atomic E-state index is 13.3. The van der Waals surface area contributed by atoms with E-state index in [-0.39, 0.29) is 18.6 Å². The summed E-state index contributed by atoms with van der Waals surface area (Å²) >= 11 is 0. The van der Waals surface area contributed by atoms with E-state index in [0.29, 0.717) is 18.5 Å². The zero-order valence-corrected chi connectivity index (χ0v) is 14.9. The first kappa shape index (κ1) is 19.3. The van der Waals surface area contributed by atoms with Crippen LogP contribution in [0.3, 0.4) is 0 Å². The summed E-state index contributed by atoms with van der Waals surface area (Å²) in [5.41, 5.74) is 2.83. The van der Waals surface area contributed by atoms with E-state index in [2.05, 4.69) is 5.32 Å². The topological polar surface area (TPSA) is 41.5 Å². The molecule has 0 aromatic heterocycles. The van der Waals surface area contributed by atoms with Crippen LogP contribution in [0.2, 0.25) is 0 Å². The van der Waals surface area contributed by atoms with Crippen LogP contribution in [0.15, 0.2) is 36.4 Å². The van der Waals surface area contributed by atoms with E-state index >= 15 is 0 Å². The van der Waals surface area contributed by atoms with Crippen LogP contribution >= 0.6 is 0 Å². The van der Waals surface area contributed by atoms with Gasteiger partial charge in [0.1, 0.15) is 5.75 Å². The molecular formula is C20H25F2NO2. The summed E-state index contributed by atoms with van der Waals surface area (Å²) in [5.74, 6) is -0.993. The molecule has 2 atom stereocenters. The molecule has 0 radical (unpaired) electrons. The Hall–Kier alpha value is -1.98. The van der Waals surface area contributed by atoms with Gasteiger partial charge in [-0.3, -0.25) is 0 Å². The molecule has 0 saturated carbocycles. The Morgan fingerprint density at radius 2 is 1.88 bits per heavy atom. The van der Waals surface area contributed by atoms with Gasteiger partial charge in [0.2, 0.25) is 0 Å². The molecule has 5 heteroatoms. The van der Waals surface area contributed by atoms with Gasteiger partial charge < -0.3 is 15.2 Å². The minimum atomic E-state index is -0.861. The lowest BCUT2D eigenvalue weighted by atomic mass is 9.98. The fourth-order valence-electron chi connectivity index (χ4n) is 2.83. The molecule has 0 amide bonds. The maximum atomic E-state index is 13.3. The highest BCUT2D eigenvalue weighted by molar-refractivity contribution is 5.39. The number of benzene rings is 2. The lowest BCUT2D eigenvalue weighted by molar-refractivity contribution is 0.218.